The van der Waals surface area contributed by atoms with Crippen molar-refractivity contribution in [1.82, 2.24) is 4.90 Å². The third-order valence-corrected chi connectivity index (χ3v) is 6.72. The van der Waals surface area contributed by atoms with Crippen molar-refractivity contribution in [3.8, 4) is 0 Å². The number of hydrogen-bond donors (Lipinski definition) is 1. The first-order chi connectivity index (χ1) is 15.7. The molecule has 2 atom stereocenters. The van der Waals surface area contributed by atoms with E-state index in [2.05, 4.69) is 34.5 Å². The number of fused-ring (bicyclic) bond motifs is 1. The SMILES string of the molecule is O=C(CN1CC[C@]2(CCCO2)[C@H](OCc2ccccc2)C1)Nc1cccc2ccccc12. The molecule has 0 unspecified atom stereocenters. The van der Waals surface area contributed by atoms with Gasteiger partial charge in [0.2, 0.25) is 5.91 Å². The predicted molar refractivity (Wildman–Crippen MR) is 127 cm³/mol. The summed E-state index contributed by atoms with van der Waals surface area (Å²) < 4.78 is 12.6. The number of piperidine rings is 1. The highest BCUT2D eigenvalue weighted by molar-refractivity contribution is 6.02. The molecule has 2 saturated heterocycles. The quantitative estimate of drug-likeness (QED) is 0.620. The Morgan fingerprint density at radius 2 is 1.84 bits per heavy atom. The van der Waals surface area contributed by atoms with Gasteiger partial charge >= 0.3 is 0 Å². The average Bonchev–Trinajstić information content (AvgIpc) is 3.30. The molecule has 3 aromatic rings. The standard InChI is InChI=1S/C27H30N2O3/c30-26(28-24-13-6-11-22-10-4-5-12-23(22)24)19-29-16-15-27(14-7-17-32-27)25(18-29)31-20-21-8-2-1-3-9-21/h1-6,8-13,25H,7,14-20H2,(H,28,30)/t25-,27-/m1/s1. The van der Waals surface area contributed by atoms with Crippen LogP contribution in [0.5, 0.6) is 0 Å². The molecule has 0 bridgehead atoms. The number of benzene rings is 3. The Morgan fingerprint density at radius 3 is 2.69 bits per heavy atom. The second-order valence-electron chi connectivity index (χ2n) is 8.86. The fourth-order valence-corrected chi connectivity index (χ4v) is 5.02. The van der Waals surface area contributed by atoms with Gasteiger partial charge in [0, 0.05) is 30.8 Å². The van der Waals surface area contributed by atoms with Crippen molar-refractivity contribution in [2.45, 2.75) is 37.6 Å². The monoisotopic (exact) mass is 430 g/mol. The minimum absolute atomic E-state index is 0.00597. The van der Waals surface area contributed by atoms with Gasteiger partial charge in [-0.25, -0.2) is 0 Å². The molecule has 5 heteroatoms. The van der Waals surface area contributed by atoms with E-state index in [1.807, 2.05) is 48.5 Å². The lowest BCUT2D eigenvalue weighted by Crippen LogP contribution is -2.57. The van der Waals surface area contributed by atoms with Crippen LogP contribution in [0.15, 0.2) is 72.8 Å². The molecule has 3 aromatic carbocycles. The zero-order valence-electron chi connectivity index (χ0n) is 18.3. The van der Waals surface area contributed by atoms with Crippen molar-refractivity contribution in [3.63, 3.8) is 0 Å². The Hall–Kier alpha value is -2.73. The van der Waals surface area contributed by atoms with Gasteiger partial charge in [-0.2, -0.15) is 0 Å². The summed E-state index contributed by atoms with van der Waals surface area (Å²) in [6, 6.07) is 24.4. The number of carbonyl (C=O) groups excluding carboxylic acids is 1. The first kappa shape index (κ1) is 21.1. The minimum atomic E-state index is -0.211. The van der Waals surface area contributed by atoms with Crippen LogP contribution in [-0.2, 0) is 20.9 Å². The number of likely N-dealkylation sites (tertiary alicyclic amines) is 1. The highest BCUT2D eigenvalue weighted by Gasteiger charge is 2.47. The first-order valence-electron chi connectivity index (χ1n) is 11.5. The van der Waals surface area contributed by atoms with Gasteiger partial charge in [0.1, 0.15) is 0 Å². The van der Waals surface area contributed by atoms with E-state index in [-0.39, 0.29) is 17.6 Å². The van der Waals surface area contributed by atoms with E-state index >= 15 is 0 Å². The summed E-state index contributed by atoms with van der Waals surface area (Å²) in [7, 11) is 0. The number of amides is 1. The maximum absolute atomic E-state index is 12.9. The van der Waals surface area contributed by atoms with Crippen molar-refractivity contribution in [2.24, 2.45) is 0 Å². The van der Waals surface area contributed by atoms with Crippen LogP contribution in [0.1, 0.15) is 24.8 Å². The number of ether oxygens (including phenoxy) is 2. The lowest BCUT2D eigenvalue weighted by Gasteiger charge is -2.44. The molecule has 2 aliphatic rings. The summed E-state index contributed by atoms with van der Waals surface area (Å²) in [5.74, 6) is 0.00597. The molecule has 5 rings (SSSR count). The lowest BCUT2D eigenvalue weighted by molar-refractivity contribution is -0.159. The third-order valence-electron chi connectivity index (χ3n) is 6.72. The summed E-state index contributed by atoms with van der Waals surface area (Å²) >= 11 is 0. The summed E-state index contributed by atoms with van der Waals surface area (Å²) in [5.41, 5.74) is 1.81. The molecule has 0 saturated carbocycles. The third kappa shape index (κ3) is 4.56. The van der Waals surface area contributed by atoms with Gasteiger partial charge in [0.05, 0.1) is 24.9 Å². The molecule has 2 fully saturated rings. The molecule has 0 aliphatic carbocycles. The average molecular weight is 431 g/mol. The number of anilines is 1. The molecule has 1 spiro atoms. The van der Waals surface area contributed by atoms with Crippen LogP contribution >= 0.6 is 0 Å². The van der Waals surface area contributed by atoms with Crippen molar-refractivity contribution in [2.75, 3.05) is 31.6 Å². The van der Waals surface area contributed by atoms with Crippen molar-refractivity contribution in [3.05, 3.63) is 78.4 Å². The van der Waals surface area contributed by atoms with E-state index in [9.17, 15) is 4.79 Å². The van der Waals surface area contributed by atoms with Gasteiger partial charge < -0.3 is 14.8 Å². The van der Waals surface area contributed by atoms with E-state index < -0.39 is 0 Å². The van der Waals surface area contributed by atoms with Crippen molar-refractivity contribution in [1.29, 1.82) is 0 Å². The lowest BCUT2D eigenvalue weighted by atomic mass is 9.85. The maximum Gasteiger partial charge on any atom is 0.238 e. The van der Waals surface area contributed by atoms with Crippen LogP contribution in [0.3, 0.4) is 0 Å². The molecule has 2 aliphatic heterocycles. The molecule has 0 radical (unpaired) electrons. The van der Waals surface area contributed by atoms with E-state index in [4.69, 9.17) is 9.47 Å². The second kappa shape index (κ2) is 9.41. The van der Waals surface area contributed by atoms with Gasteiger partial charge in [-0.05, 0) is 36.3 Å². The van der Waals surface area contributed by atoms with E-state index in [0.717, 1.165) is 54.4 Å². The van der Waals surface area contributed by atoms with Crippen molar-refractivity contribution >= 4 is 22.4 Å². The largest absolute Gasteiger partial charge is 0.372 e. The summed E-state index contributed by atoms with van der Waals surface area (Å²) in [5, 5.41) is 5.30. The highest BCUT2D eigenvalue weighted by atomic mass is 16.6. The molecular weight excluding hydrogens is 400 g/mol. The molecule has 5 nitrogen and oxygen atoms in total. The Kier molecular flexibility index (Phi) is 6.21. The molecule has 0 aromatic heterocycles. The van der Waals surface area contributed by atoms with Gasteiger partial charge in [-0.3, -0.25) is 9.69 Å². The molecule has 166 valence electrons. The van der Waals surface area contributed by atoms with Crippen LogP contribution in [0.4, 0.5) is 5.69 Å². The molecule has 2 heterocycles. The zero-order valence-corrected chi connectivity index (χ0v) is 18.3. The van der Waals surface area contributed by atoms with E-state index in [1.54, 1.807) is 0 Å². The maximum atomic E-state index is 12.9. The molecule has 1 amide bonds. The Balaban J connectivity index is 1.24. The second-order valence-corrected chi connectivity index (χ2v) is 8.86. The fraction of sp³-hybridized carbons (Fsp3) is 0.370. The summed E-state index contributed by atoms with van der Waals surface area (Å²) in [6.45, 7) is 3.26. The van der Waals surface area contributed by atoms with Gasteiger partial charge in [0.15, 0.2) is 0 Å². The number of hydrogen-bond acceptors (Lipinski definition) is 4. The number of carbonyl (C=O) groups is 1. The van der Waals surface area contributed by atoms with Gasteiger partial charge in [-0.15, -0.1) is 0 Å². The fourth-order valence-electron chi connectivity index (χ4n) is 5.02. The van der Waals surface area contributed by atoms with E-state index in [1.165, 1.54) is 0 Å². The Bertz CT molecular complexity index is 1060. The highest BCUT2D eigenvalue weighted by Crippen LogP contribution is 2.38. The van der Waals surface area contributed by atoms with Crippen LogP contribution in [0, 0.1) is 0 Å². The molecule has 1 N–H and O–H groups in total. The topological polar surface area (TPSA) is 50.8 Å². The number of rotatable bonds is 6. The van der Waals surface area contributed by atoms with Gasteiger partial charge in [-0.1, -0.05) is 66.7 Å². The van der Waals surface area contributed by atoms with Crippen LogP contribution in [-0.4, -0.2) is 48.8 Å². The zero-order chi connectivity index (χ0) is 21.8. The predicted octanol–water partition coefficient (Wildman–Crippen LogP) is 4.62. The smallest absolute Gasteiger partial charge is 0.238 e. The molecular formula is C27H30N2O3. The molecule has 32 heavy (non-hydrogen) atoms. The van der Waals surface area contributed by atoms with Crippen molar-refractivity contribution < 1.29 is 14.3 Å². The van der Waals surface area contributed by atoms with Crippen LogP contribution in [0.2, 0.25) is 0 Å². The summed E-state index contributed by atoms with van der Waals surface area (Å²) in [4.78, 5) is 15.1. The van der Waals surface area contributed by atoms with Gasteiger partial charge in [0.25, 0.3) is 0 Å². The van der Waals surface area contributed by atoms with E-state index in [0.29, 0.717) is 19.7 Å². The number of nitrogens with zero attached hydrogens (tertiary/aromatic N) is 1. The normalized spacial score (nSPS) is 23.6. The summed E-state index contributed by atoms with van der Waals surface area (Å²) in [6.07, 6.45) is 2.97. The minimum Gasteiger partial charge on any atom is -0.372 e. The first-order valence-corrected chi connectivity index (χ1v) is 11.5. The Morgan fingerprint density at radius 1 is 1.03 bits per heavy atom. The number of nitrogens with one attached hydrogen (secondary N) is 1. The van der Waals surface area contributed by atoms with Crippen LogP contribution < -0.4 is 5.32 Å². The van der Waals surface area contributed by atoms with Crippen LogP contribution in [0.25, 0.3) is 10.8 Å². The Labute approximate surface area is 189 Å².